The standard InChI is InChI=1S/C12H19N3OS/c1-9-2-3-10(4-9)14-6-12(16)15-8-17-7-11(15)5-13/h9-11,14H,2-4,6-8H2,1H3/t9-,10+,11-/m0/s1. The van der Waals surface area contributed by atoms with Crippen molar-refractivity contribution in [1.29, 1.82) is 5.26 Å². The van der Waals surface area contributed by atoms with Crippen molar-refractivity contribution in [3.63, 3.8) is 0 Å². The molecule has 0 bridgehead atoms. The number of hydrogen-bond acceptors (Lipinski definition) is 4. The SMILES string of the molecule is C[C@H]1CC[C@@H](NCC(=O)N2CSC[C@@H]2C#N)C1. The quantitative estimate of drug-likeness (QED) is 0.821. The van der Waals surface area contributed by atoms with Crippen LogP contribution < -0.4 is 5.32 Å². The van der Waals surface area contributed by atoms with Crippen LogP contribution in [0.4, 0.5) is 0 Å². The summed E-state index contributed by atoms with van der Waals surface area (Å²) in [6.45, 7) is 2.64. The van der Waals surface area contributed by atoms with E-state index in [1.807, 2.05) is 0 Å². The van der Waals surface area contributed by atoms with E-state index in [0.717, 1.165) is 11.7 Å². The van der Waals surface area contributed by atoms with Gasteiger partial charge in [0, 0.05) is 11.8 Å². The van der Waals surface area contributed by atoms with Crippen molar-refractivity contribution >= 4 is 17.7 Å². The van der Waals surface area contributed by atoms with E-state index in [-0.39, 0.29) is 11.9 Å². The minimum Gasteiger partial charge on any atom is -0.315 e. The van der Waals surface area contributed by atoms with Crippen molar-refractivity contribution < 1.29 is 4.79 Å². The van der Waals surface area contributed by atoms with Crippen LogP contribution in [0.3, 0.4) is 0 Å². The Morgan fingerprint density at radius 2 is 2.41 bits per heavy atom. The molecule has 3 atom stereocenters. The Morgan fingerprint density at radius 3 is 3.06 bits per heavy atom. The van der Waals surface area contributed by atoms with Crippen LogP contribution in [0.25, 0.3) is 0 Å². The first kappa shape index (κ1) is 12.7. The summed E-state index contributed by atoms with van der Waals surface area (Å²) in [5.74, 6) is 2.26. The summed E-state index contributed by atoms with van der Waals surface area (Å²) in [7, 11) is 0. The molecule has 1 heterocycles. The van der Waals surface area contributed by atoms with Gasteiger partial charge in [0.15, 0.2) is 0 Å². The molecule has 0 radical (unpaired) electrons. The summed E-state index contributed by atoms with van der Waals surface area (Å²) >= 11 is 1.66. The van der Waals surface area contributed by atoms with E-state index in [2.05, 4.69) is 18.3 Å². The average Bonchev–Trinajstić information content (AvgIpc) is 2.94. The first-order chi connectivity index (χ1) is 8.20. The molecule has 0 unspecified atom stereocenters. The lowest BCUT2D eigenvalue weighted by Crippen LogP contribution is -2.43. The predicted octanol–water partition coefficient (Wildman–Crippen LogP) is 1.19. The molecule has 4 nitrogen and oxygen atoms in total. The van der Waals surface area contributed by atoms with Crippen LogP contribution in [-0.2, 0) is 4.79 Å². The van der Waals surface area contributed by atoms with Crippen molar-refractivity contribution in [2.24, 2.45) is 5.92 Å². The van der Waals surface area contributed by atoms with Gasteiger partial charge >= 0.3 is 0 Å². The van der Waals surface area contributed by atoms with Crippen molar-refractivity contribution in [1.82, 2.24) is 10.2 Å². The molecule has 5 heteroatoms. The maximum atomic E-state index is 12.0. The maximum absolute atomic E-state index is 12.0. The maximum Gasteiger partial charge on any atom is 0.238 e. The number of nitrogens with one attached hydrogen (secondary N) is 1. The van der Waals surface area contributed by atoms with E-state index >= 15 is 0 Å². The van der Waals surface area contributed by atoms with Crippen molar-refractivity contribution in [2.45, 2.75) is 38.3 Å². The lowest BCUT2D eigenvalue weighted by Gasteiger charge is -2.20. The Kier molecular flexibility index (Phi) is 4.30. The van der Waals surface area contributed by atoms with Crippen molar-refractivity contribution in [3.8, 4) is 6.07 Å². The Morgan fingerprint density at radius 1 is 1.59 bits per heavy atom. The van der Waals surface area contributed by atoms with E-state index < -0.39 is 0 Å². The normalized spacial score (nSPS) is 32.7. The third-order valence-corrected chi connectivity index (χ3v) is 4.60. The molecule has 2 aliphatic rings. The van der Waals surface area contributed by atoms with Crippen molar-refractivity contribution in [2.75, 3.05) is 18.2 Å². The van der Waals surface area contributed by atoms with Crippen LogP contribution in [0.1, 0.15) is 26.2 Å². The lowest BCUT2D eigenvalue weighted by molar-refractivity contribution is -0.129. The van der Waals surface area contributed by atoms with Gasteiger partial charge < -0.3 is 10.2 Å². The van der Waals surface area contributed by atoms with Crippen molar-refractivity contribution in [3.05, 3.63) is 0 Å². The number of carbonyl (C=O) groups is 1. The summed E-state index contributed by atoms with van der Waals surface area (Å²) in [6.07, 6.45) is 3.60. The molecule has 0 aromatic carbocycles. The molecule has 1 saturated carbocycles. The average molecular weight is 253 g/mol. The first-order valence-electron chi connectivity index (χ1n) is 6.21. The molecule has 2 rings (SSSR count). The lowest BCUT2D eigenvalue weighted by atomic mass is 10.1. The number of amides is 1. The highest BCUT2D eigenvalue weighted by molar-refractivity contribution is 7.99. The number of thioether (sulfide) groups is 1. The summed E-state index contributed by atoms with van der Waals surface area (Å²) in [6, 6.07) is 2.45. The minimum atomic E-state index is -0.225. The van der Waals surface area contributed by atoms with E-state index in [1.165, 1.54) is 19.3 Å². The van der Waals surface area contributed by atoms with Gasteiger partial charge in [-0.1, -0.05) is 6.92 Å². The topological polar surface area (TPSA) is 56.1 Å². The second-order valence-corrected chi connectivity index (χ2v) is 6.00. The van der Waals surface area contributed by atoms with E-state index in [1.54, 1.807) is 16.7 Å². The van der Waals surface area contributed by atoms with Gasteiger partial charge in [0.05, 0.1) is 18.5 Å². The molecule has 94 valence electrons. The van der Waals surface area contributed by atoms with Gasteiger partial charge in [-0.3, -0.25) is 4.79 Å². The van der Waals surface area contributed by atoms with Gasteiger partial charge in [-0.2, -0.15) is 5.26 Å². The van der Waals surface area contributed by atoms with E-state index in [0.29, 0.717) is 18.5 Å². The molecule has 0 aromatic rings. The number of rotatable bonds is 3. The number of carbonyl (C=O) groups excluding carboxylic acids is 1. The van der Waals surface area contributed by atoms with Gasteiger partial charge in [0.2, 0.25) is 5.91 Å². The number of hydrogen-bond donors (Lipinski definition) is 1. The largest absolute Gasteiger partial charge is 0.315 e. The third kappa shape index (κ3) is 3.14. The van der Waals surface area contributed by atoms with Crippen LogP contribution in [0, 0.1) is 17.2 Å². The van der Waals surface area contributed by atoms with Gasteiger partial charge in [-0.05, 0) is 25.2 Å². The second-order valence-electron chi connectivity index (χ2n) is 5.00. The van der Waals surface area contributed by atoms with Gasteiger partial charge in [-0.25, -0.2) is 0 Å². The van der Waals surface area contributed by atoms with E-state index in [9.17, 15) is 4.79 Å². The van der Waals surface area contributed by atoms with E-state index in [4.69, 9.17) is 5.26 Å². The Bertz CT molecular complexity index is 328. The summed E-state index contributed by atoms with van der Waals surface area (Å²) in [5.41, 5.74) is 0. The number of nitrogens with zero attached hydrogens (tertiary/aromatic N) is 2. The molecule has 1 amide bonds. The highest BCUT2D eigenvalue weighted by atomic mass is 32.2. The minimum absolute atomic E-state index is 0.0705. The van der Waals surface area contributed by atoms with Crippen LogP contribution in [0.2, 0.25) is 0 Å². The van der Waals surface area contributed by atoms with Gasteiger partial charge in [-0.15, -0.1) is 11.8 Å². The predicted molar refractivity (Wildman–Crippen MR) is 68.4 cm³/mol. The fourth-order valence-corrected chi connectivity index (χ4v) is 3.62. The molecule has 1 aliphatic carbocycles. The van der Waals surface area contributed by atoms with Crippen LogP contribution >= 0.6 is 11.8 Å². The summed E-state index contributed by atoms with van der Waals surface area (Å²) in [5, 5.41) is 12.2. The number of nitriles is 1. The molecule has 1 aliphatic heterocycles. The zero-order chi connectivity index (χ0) is 12.3. The zero-order valence-corrected chi connectivity index (χ0v) is 11.0. The highest BCUT2D eigenvalue weighted by Gasteiger charge is 2.29. The smallest absolute Gasteiger partial charge is 0.238 e. The molecule has 1 saturated heterocycles. The molecular formula is C12H19N3OS. The molecule has 17 heavy (non-hydrogen) atoms. The monoisotopic (exact) mass is 253 g/mol. The molecule has 1 N–H and O–H groups in total. The first-order valence-corrected chi connectivity index (χ1v) is 7.36. The van der Waals surface area contributed by atoms with Gasteiger partial charge in [0.25, 0.3) is 0 Å². The Balaban J connectivity index is 1.76. The zero-order valence-electron chi connectivity index (χ0n) is 10.2. The fraction of sp³-hybridized carbons (Fsp3) is 0.833. The van der Waals surface area contributed by atoms with Gasteiger partial charge in [0.1, 0.15) is 6.04 Å². The summed E-state index contributed by atoms with van der Waals surface area (Å²) < 4.78 is 0. The Labute approximate surface area is 107 Å². The molecule has 0 spiro atoms. The molecular weight excluding hydrogens is 234 g/mol. The van der Waals surface area contributed by atoms with Crippen LogP contribution in [0.15, 0.2) is 0 Å². The molecule has 2 fully saturated rings. The third-order valence-electron chi connectivity index (χ3n) is 3.59. The summed E-state index contributed by atoms with van der Waals surface area (Å²) in [4.78, 5) is 13.6. The Hall–Kier alpha value is -0.730. The fourth-order valence-electron chi connectivity index (χ4n) is 2.52. The second kappa shape index (κ2) is 5.74. The molecule has 0 aromatic heterocycles. The van der Waals surface area contributed by atoms with Crippen LogP contribution in [-0.4, -0.2) is 41.1 Å². The van der Waals surface area contributed by atoms with Crippen LogP contribution in [0.5, 0.6) is 0 Å². The highest BCUT2D eigenvalue weighted by Crippen LogP contribution is 2.24.